The van der Waals surface area contributed by atoms with E-state index < -0.39 is 12.1 Å². The molecule has 0 spiro atoms. The van der Waals surface area contributed by atoms with Gasteiger partial charge in [-0.25, -0.2) is 4.79 Å². The maximum absolute atomic E-state index is 11.3. The number of carboxylic acid groups (broad SMARTS) is 1. The van der Waals surface area contributed by atoms with Crippen LogP contribution in [0.1, 0.15) is 12.8 Å². The van der Waals surface area contributed by atoms with Crippen molar-refractivity contribution in [2.24, 2.45) is 5.11 Å². The van der Waals surface area contributed by atoms with Crippen LogP contribution in [0.4, 0.5) is 4.79 Å². The lowest BCUT2D eigenvalue weighted by Crippen LogP contribution is -2.30. The van der Waals surface area contributed by atoms with Crippen molar-refractivity contribution in [3.05, 3.63) is 10.4 Å². The fourth-order valence-corrected chi connectivity index (χ4v) is 1.34. The quantitative estimate of drug-likeness (QED) is 0.386. The Labute approximate surface area is 79.9 Å². The lowest BCUT2D eigenvalue weighted by Gasteiger charge is -2.14. The Hall–Kier alpha value is -1.75. The number of hydrogen-bond acceptors (Lipinski definition) is 3. The van der Waals surface area contributed by atoms with Gasteiger partial charge in [0.25, 0.3) is 0 Å². The first-order valence-electron chi connectivity index (χ1n) is 4.20. The molecule has 0 radical (unpaired) electrons. The normalized spacial score (nSPS) is 22.4. The summed E-state index contributed by atoms with van der Waals surface area (Å²) >= 11 is 0. The van der Waals surface area contributed by atoms with E-state index in [4.69, 9.17) is 10.6 Å². The second-order valence-corrected chi connectivity index (χ2v) is 3.00. The van der Waals surface area contributed by atoms with Crippen molar-refractivity contribution >= 4 is 11.9 Å². The van der Waals surface area contributed by atoms with Crippen molar-refractivity contribution in [3.63, 3.8) is 0 Å². The molecule has 1 amide bonds. The molecule has 7 nitrogen and oxygen atoms in total. The highest BCUT2D eigenvalue weighted by atomic mass is 16.4. The van der Waals surface area contributed by atoms with Crippen molar-refractivity contribution in [3.8, 4) is 0 Å². The molecule has 1 fully saturated rings. The van der Waals surface area contributed by atoms with Gasteiger partial charge in [0.15, 0.2) is 0 Å². The number of rotatable bonds is 1. The standard InChI is InChI=1S/C7H10N4O3/c8-10-9-5-1-3-11(7(13)14)4-2-6(5)12/h5H,1-4H2,(H,13,14). The molecule has 0 aromatic rings. The van der Waals surface area contributed by atoms with E-state index in [-0.39, 0.29) is 31.7 Å². The minimum atomic E-state index is -1.04. The van der Waals surface area contributed by atoms with Crippen LogP contribution in [-0.4, -0.2) is 41.0 Å². The van der Waals surface area contributed by atoms with E-state index in [1.807, 2.05) is 0 Å². The fourth-order valence-electron chi connectivity index (χ4n) is 1.34. The fraction of sp³-hybridized carbons (Fsp3) is 0.714. The van der Waals surface area contributed by atoms with Crippen molar-refractivity contribution in [1.29, 1.82) is 0 Å². The first-order chi connectivity index (χ1) is 6.65. The van der Waals surface area contributed by atoms with Gasteiger partial charge in [-0.15, -0.1) is 0 Å². The van der Waals surface area contributed by atoms with Gasteiger partial charge in [0.05, 0.1) is 6.04 Å². The smallest absolute Gasteiger partial charge is 0.407 e. The predicted molar refractivity (Wildman–Crippen MR) is 46.8 cm³/mol. The third-order valence-corrected chi connectivity index (χ3v) is 2.13. The Bertz CT molecular complexity index is 297. The van der Waals surface area contributed by atoms with Crippen LogP contribution in [0.5, 0.6) is 0 Å². The number of carbonyl (C=O) groups is 2. The molecular formula is C7H10N4O3. The zero-order valence-corrected chi connectivity index (χ0v) is 7.46. The molecule has 1 aliphatic rings. The van der Waals surface area contributed by atoms with Gasteiger partial charge in [0.2, 0.25) is 0 Å². The number of ketones is 1. The minimum absolute atomic E-state index is 0.121. The SMILES string of the molecule is [N-]=[N+]=NC1CCN(C(=O)O)CCC1=O. The molecule has 1 aliphatic heterocycles. The Kier molecular flexibility index (Phi) is 3.30. The van der Waals surface area contributed by atoms with Crippen LogP contribution >= 0.6 is 0 Å². The first kappa shape index (κ1) is 10.3. The zero-order valence-electron chi connectivity index (χ0n) is 7.46. The van der Waals surface area contributed by atoms with Gasteiger partial charge in [-0.3, -0.25) is 4.79 Å². The largest absolute Gasteiger partial charge is 0.465 e. The lowest BCUT2D eigenvalue weighted by molar-refractivity contribution is -0.119. The van der Waals surface area contributed by atoms with Crippen LogP contribution in [0.2, 0.25) is 0 Å². The van der Waals surface area contributed by atoms with Crippen LogP contribution in [-0.2, 0) is 4.79 Å². The Morgan fingerprint density at radius 1 is 1.64 bits per heavy atom. The van der Waals surface area contributed by atoms with Gasteiger partial charge in [-0.05, 0) is 12.0 Å². The summed E-state index contributed by atoms with van der Waals surface area (Å²) in [6, 6.07) is -0.704. The van der Waals surface area contributed by atoms with Crippen LogP contribution in [0.3, 0.4) is 0 Å². The number of carbonyl (C=O) groups excluding carboxylic acids is 1. The molecule has 1 unspecified atom stereocenters. The van der Waals surface area contributed by atoms with Gasteiger partial charge in [0, 0.05) is 24.4 Å². The molecule has 0 aromatic heterocycles. The highest BCUT2D eigenvalue weighted by Crippen LogP contribution is 2.11. The van der Waals surface area contributed by atoms with Crippen LogP contribution in [0.15, 0.2) is 5.11 Å². The summed E-state index contributed by atoms with van der Waals surface area (Å²) in [5, 5.41) is 12.0. The number of azide groups is 1. The van der Waals surface area contributed by atoms with Crippen molar-refractivity contribution < 1.29 is 14.7 Å². The predicted octanol–water partition coefficient (Wildman–Crippen LogP) is 1.01. The second-order valence-electron chi connectivity index (χ2n) is 3.00. The molecule has 1 heterocycles. The van der Waals surface area contributed by atoms with E-state index in [2.05, 4.69) is 10.0 Å². The molecule has 7 heteroatoms. The Morgan fingerprint density at radius 2 is 2.36 bits per heavy atom. The summed E-state index contributed by atoms with van der Waals surface area (Å²) in [7, 11) is 0. The summed E-state index contributed by atoms with van der Waals surface area (Å²) in [4.78, 5) is 25.6. The van der Waals surface area contributed by atoms with Crippen LogP contribution < -0.4 is 0 Å². The maximum atomic E-state index is 11.3. The molecule has 0 bridgehead atoms. The zero-order chi connectivity index (χ0) is 10.6. The van der Waals surface area contributed by atoms with E-state index in [0.29, 0.717) is 0 Å². The van der Waals surface area contributed by atoms with E-state index in [1.54, 1.807) is 0 Å². The number of Topliss-reactive ketones (excluding diaryl/α,β-unsaturated/α-hetero) is 1. The molecule has 0 aliphatic carbocycles. The van der Waals surface area contributed by atoms with Gasteiger partial charge in [-0.2, -0.15) is 0 Å². The summed E-state index contributed by atoms with van der Waals surface area (Å²) in [6.45, 7) is 0.427. The van der Waals surface area contributed by atoms with E-state index in [1.165, 1.54) is 0 Å². The number of likely N-dealkylation sites (tertiary alicyclic amines) is 1. The molecule has 1 saturated heterocycles. The molecule has 14 heavy (non-hydrogen) atoms. The van der Waals surface area contributed by atoms with E-state index in [0.717, 1.165) is 4.90 Å². The van der Waals surface area contributed by atoms with Crippen LogP contribution in [0, 0.1) is 0 Å². The molecule has 0 saturated carbocycles. The van der Waals surface area contributed by atoms with Gasteiger partial charge in [-0.1, -0.05) is 5.11 Å². The van der Waals surface area contributed by atoms with E-state index >= 15 is 0 Å². The second kappa shape index (κ2) is 4.48. The molecule has 1 N–H and O–H groups in total. The topological polar surface area (TPSA) is 106 Å². The summed E-state index contributed by atoms with van der Waals surface area (Å²) in [6.07, 6.45) is -0.648. The minimum Gasteiger partial charge on any atom is -0.465 e. The van der Waals surface area contributed by atoms with Gasteiger partial charge < -0.3 is 10.0 Å². The van der Waals surface area contributed by atoms with Crippen molar-refractivity contribution in [2.45, 2.75) is 18.9 Å². The average Bonchev–Trinajstić information content (AvgIpc) is 2.30. The van der Waals surface area contributed by atoms with Crippen molar-refractivity contribution in [1.82, 2.24) is 4.90 Å². The molecule has 76 valence electrons. The Morgan fingerprint density at radius 3 is 2.93 bits per heavy atom. The van der Waals surface area contributed by atoms with E-state index in [9.17, 15) is 9.59 Å². The molecular weight excluding hydrogens is 188 g/mol. The Balaban J connectivity index is 2.66. The monoisotopic (exact) mass is 198 g/mol. The van der Waals surface area contributed by atoms with Gasteiger partial charge in [0.1, 0.15) is 5.78 Å². The highest BCUT2D eigenvalue weighted by molar-refractivity contribution is 5.85. The number of amides is 1. The maximum Gasteiger partial charge on any atom is 0.407 e. The molecule has 1 atom stereocenters. The van der Waals surface area contributed by atoms with Crippen molar-refractivity contribution in [2.75, 3.05) is 13.1 Å². The first-order valence-corrected chi connectivity index (χ1v) is 4.20. The summed E-state index contributed by atoms with van der Waals surface area (Å²) in [5.74, 6) is -0.188. The third-order valence-electron chi connectivity index (χ3n) is 2.13. The van der Waals surface area contributed by atoms with Gasteiger partial charge >= 0.3 is 6.09 Å². The third kappa shape index (κ3) is 2.37. The molecule has 0 aromatic carbocycles. The summed E-state index contributed by atoms with van der Waals surface area (Å²) < 4.78 is 0. The average molecular weight is 198 g/mol. The number of hydrogen-bond donors (Lipinski definition) is 1. The molecule has 1 rings (SSSR count). The lowest BCUT2D eigenvalue weighted by atomic mass is 10.1. The highest BCUT2D eigenvalue weighted by Gasteiger charge is 2.24. The summed E-state index contributed by atoms with van der Waals surface area (Å²) in [5.41, 5.74) is 8.18. The van der Waals surface area contributed by atoms with Crippen LogP contribution in [0.25, 0.3) is 10.4 Å². The number of nitrogens with zero attached hydrogens (tertiary/aromatic N) is 4.